The number of amides is 1. The van der Waals surface area contributed by atoms with Crippen LogP contribution in [-0.4, -0.2) is 5.91 Å². The minimum atomic E-state index is -0.371. The largest absolute Gasteiger partial charge is 0.390 e. The normalized spacial score (nSPS) is 19.4. The zero-order valence-corrected chi connectivity index (χ0v) is 10.4. The maximum Gasteiger partial charge on any atom is 0.251 e. The lowest BCUT2D eigenvalue weighted by atomic mass is 9.84. The molecule has 1 aliphatic carbocycles. The topological polar surface area (TPSA) is 69.1 Å². The Kier molecular flexibility index (Phi) is 3.19. The van der Waals surface area contributed by atoms with E-state index in [2.05, 4.69) is 6.92 Å². The number of carbonyl (C=O) groups excluding carboxylic acids is 1. The van der Waals surface area contributed by atoms with Crippen molar-refractivity contribution < 1.29 is 4.79 Å². The Bertz CT molecular complexity index is 411. The van der Waals surface area contributed by atoms with E-state index < -0.39 is 0 Å². The Hall–Kier alpha value is -1.03. The molecule has 0 spiro atoms. The summed E-state index contributed by atoms with van der Waals surface area (Å²) in [5.41, 5.74) is 12.9. The van der Waals surface area contributed by atoms with Crippen molar-refractivity contribution in [1.29, 1.82) is 0 Å². The molecule has 4 N–H and O–H groups in total. The number of nitrogens with two attached hydrogens (primary N) is 2. The highest BCUT2D eigenvalue weighted by molar-refractivity contribution is 7.16. The molecule has 0 aliphatic heterocycles. The molecule has 0 aromatic carbocycles. The first-order valence-corrected chi connectivity index (χ1v) is 6.65. The van der Waals surface area contributed by atoms with E-state index in [0.717, 1.165) is 30.7 Å². The summed E-state index contributed by atoms with van der Waals surface area (Å²) in [6.07, 6.45) is 5.70. The second kappa shape index (κ2) is 4.45. The Morgan fingerprint density at radius 1 is 1.56 bits per heavy atom. The molecule has 1 aromatic heterocycles. The van der Waals surface area contributed by atoms with Gasteiger partial charge in [-0.1, -0.05) is 19.8 Å². The Balaban J connectivity index is 2.28. The van der Waals surface area contributed by atoms with Crippen LogP contribution in [0, 0.1) is 5.92 Å². The summed E-state index contributed by atoms with van der Waals surface area (Å²) < 4.78 is 0. The lowest BCUT2D eigenvalue weighted by molar-refractivity contribution is 0.100. The van der Waals surface area contributed by atoms with Crippen LogP contribution in [-0.2, 0) is 12.8 Å². The molecule has 3 nitrogen and oxygen atoms in total. The van der Waals surface area contributed by atoms with Crippen LogP contribution in [0.15, 0.2) is 0 Å². The molecule has 88 valence electrons. The number of primary amides is 1. The van der Waals surface area contributed by atoms with E-state index in [1.54, 1.807) is 11.3 Å². The average molecular weight is 238 g/mol. The number of fused-ring (bicyclic) bond motifs is 1. The second-order valence-electron chi connectivity index (χ2n) is 4.50. The first kappa shape index (κ1) is 11.5. The smallest absolute Gasteiger partial charge is 0.251 e. The highest BCUT2D eigenvalue weighted by atomic mass is 32.1. The van der Waals surface area contributed by atoms with Crippen LogP contribution in [0.2, 0.25) is 0 Å². The molecule has 1 aliphatic rings. The van der Waals surface area contributed by atoms with Crippen molar-refractivity contribution >= 4 is 22.2 Å². The first-order valence-electron chi connectivity index (χ1n) is 5.83. The Morgan fingerprint density at radius 3 is 2.94 bits per heavy atom. The number of thiophene rings is 1. The van der Waals surface area contributed by atoms with Crippen LogP contribution < -0.4 is 11.5 Å². The van der Waals surface area contributed by atoms with Gasteiger partial charge in [0.25, 0.3) is 5.91 Å². The van der Waals surface area contributed by atoms with Gasteiger partial charge in [0.1, 0.15) is 0 Å². The van der Waals surface area contributed by atoms with Gasteiger partial charge in [-0.25, -0.2) is 0 Å². The van der Waals surface area contributed by atoms with Gasteiger partial charge in [-0.3, -0.25) is 4.79 Å². The quantitative estimate of drug-likeness (QED) is 0.848. The minimum absolute atomic E-state index is 0.371. The first-order chi connectivity index (χ1) is 7.63. The molecular weight excluding hydrogens is 220 g/mol. The fraction of sp³-hybridized carbons (Fsp3) is 0.583. The maximum absolute atomic E-state index is 11.3. The van der Waals surface area contributed by atoms with Crippen molar-refractivity contribution in [2.24, 2.45) is 11.7 Å². The van der Waals surface area contributed by atoms with Gasteiger partial charge in [-0.2, -0.15) is 0 Å². The summed E-state index contributed by atoms with van der Waals surface area (Å²) >= 11 is 1.55. The van der Waals surface area contributed by atoms with Gasteiger partial charge < -0.3 is 11.5 Å². The summed E-state index contributed by atoms with van der Waals surface area (Å²) in [6.45, 7) is 2.22. The highest BCUT2D eigenvalue weighted by Crippen LogP contribution is 2.38. The van der Waals surface area contributed by atoms with E-state index in [9.17, 15) is 4.79 Å². The van der Waals surface area contributed by atoms with Crippen molar-refractivity contribution in [1.82, 2.24) is 0 Å². The van der Waals surface area contributed by atoms with Crippen LogP contribution in [0.5, 0.6) is 0 Å². The van der Waals surface area contributed by atoms with E-state index in [4.69, 9.17) is 11.5 Å². The van der Waals surface area contributed by atoms with Gasteiger partial charge in [0, 0.05) is 4.88 Å². The standard InChI is InChI=1S/C12H18N2OS/c1-2-3-7-4-5-8-9(6-7)16-12(14)10(8)11(13)15/h7H,2-6,14H2,1H3,(H2,13,15)/t7-/m1/s1. The maximum atomic E-state index is 11.3. The molecule has 2 rings (SSSR count). The third-order valence-corrected chi connectivity index (χ3v) is 4.42. The molecule has 16 heavy (non-hydrogen) atoms. The number of carbonyl (C=O) groups is 1. The van der Waals surface area contributed by atoms with Crippen LogP contribution in [0.1, 0.15) is 47.0 Å². The highest BCUT2D eigenvalue weighted by Gasteiger charge is 2.26. The number of anilines is 1. The molecule has 0 saturated carbocycles. The Morgan fingerprint density at radius 2 is 2.31 bits per heavy atom. The molecule has 0 unspecified atom stereocenters. The summed E-state index contributed by atoms with van der Waals surface area (Å²) in [4.78, 5) is 12.6. The number of rotatable bonds is 3. The lowest BCUT2D eigenvalue weighted by Crippen LogP contribution is -2.18. The third-order valence-electron chi connectivity index (χ3n) is 3.34. The van der Waals surface area contributed by atoms with E-state index in [-0.39, 0.29) is 5.91 Å². The SMILES string of the molecule is CCC[C@@H]1CCc2c(sc(N)c2C(N)=O)C1. The molecule has 0 fully saturated rings. The van der Waals surface area contributed by atoms with Crippen molar-refractivity contribution in [2.75, 3.05) is 5.73 Å². The summed E-state index contributed by atoms with van der Waals surface area (Å²) in [5, 5.41) is 0.606. The van der Waals surface area contributed by atoms with E-state index in [1.807, 2.05) is 0 Å². The predicted octanol–water partition coefficient (Wildman–Crippen LogP) is 2.33. The van der Waals surface area contributed by atoms with Gasteiger partial charge in [0.15, 0.2) is 0 Å². The van der Waals surface area contributed by atoms with E-state index >= 15 is 0 Å². The van der Waals surface area contributed by atoms with Crippen molar-refractivity contribution in [2.45, 2.75) is 39.0 Å². The fourth-order valence-electron chi connectivity index (χ4n) is 2.60. The summed E-state index contributed by atoms with van der Waals surface area (Å²) in [5.74, 6) is 0.389. The number of hydrogen-bond donors (Lipinski definition) is 2. The molecule has 1 aromatic rings. The number of hydrogen-bond acceptors (Lipinski definition) is 3. The molecule has 0 radical (unpaired) electrons. The van der Waals surface area contributed by atoms with Gasteiger partial charge in [0.05, 0.1) is 10.6 Å². The van der Waals surface area contributed by atoms with Crippen LogP contribution in [0.25, 0.3) is 0 Å². The molecule has 0 saturated heterocycles. The molecular formula is C12H18N2OS. The summed E-state index contributed by atoms with van der Waals surface area (Å²) in [6, 6.07) is 0. The fourth-order valence-corrected chi connectivity index (χ4v) is 3.84. The van der Waals surface area contributed by atoms with Crippen LogP contribution >= 0.6 is 11.3 Å². The molecule has 0 bridgehead atoms. The monoisotopic (exact) mass is 238 g/mol. The van der Waals surface area contributed by atoms with Gasteiger partial charge in [0.2, 0.25) is 0 Å². The van der Waals surface area contributed by atoms with Gasteiger partial charge in [-0.15, -0.1) is 11.3 Å². The third kappa shape index (κ3) is 1.94. The Labute approximate surface area is 99.8 Å². The second-order valence-corrected chi connectivity index (χ2v) is 5.64. The molecule has 1 amide bonds. The zero-order chi connectivity index (χ0) is 11.7. The zero-order valence-electron chi connectivity index (χ0n) is 9.58. The van der Waals surface area contributed by atoms with Crippen molar-refractivity contribution in [3.8, 4) is 0 Å². The van der Waals surface area contributed by atoms with Crippen molar-refractivity contribution in [3.63, 3.8) is 0 Å². The van der Waals surface area contributed by atoms with E-state index in [1.165, 1.54) is 17.7 Å². The minimum Gasteiger partial charge on any atom is -0.390 e. The van der Waals surface area contributed by atoms with Crippen LogP contribution in [0.3, 0.4) is 0 Å². The predicted molar refractivity (Wildman–Crippen MR) is 67.7 cm³/mol. The molecule has 1 atom stereocenters. The summed E-state index contributed by atoms with van der Waals surface area (Å²) in [7, 11) is 0. The van der Waals surface area contributed by atoms with Gasteiger partial charge in [-0.05, 0) is 30.7 Å². The lowest BCUT2D eigenvalue weighted by Gasteiger charge is -2.21. The average Bonchev–Trinajstić information content (AvgIpc) is 2.53. The number of nitrogen functional groups attached to an aromatic ring is 1. The molecule has 4 heteroatoms. The van der Waals surface area contributed by atoms with Crippen molar-refractivity contribution in [3.05, 3.63) is 16.0 Å². The van der Waals surface area contributed by atoms with Gasteiger partial charge >= 0.3 is 0 Å². The van der Waals surface area contributed by atoms with E-state index in [0.29, 0.717) is 10.6 Å². The van der Waals surface area contributed by atoms with Crippen LogP contribution in [0.4, 0.5) is 5.00 Å². The molecule has 1 heterocycles.